The molecule has 48 heavy (non-hydrogen) atoms. The molecular formula is C42H54N2O4. The molecule has 6 heteroatoms. The van der Waals surface area contributed by atoms with Crippen molar-refractivity contribution < 1.29 is 19.0 Å². The van der Waals surface area contributed by atoms with Crippen molar-refractivity contribution in [2.75, 3.05) is 13.2 Å². The molecule has 0 aromatic heterocycles. The normalized spacial score (nSPS) is 11.3. The Kier molecular flexibility index (Phi) is 16.5. The highest BCUT2D eigenvalue weighted by molar-refractivity contribution is 5.99. The van der Waals surface area contributed by atoms with E-state index in [2.05, 4.69) is 24.1 Å². The van der Waals surface area contributed by atoms with Gasteiger partial charge in [0.25, 0.3) is 0 Å². The molecule has 0 saturated carbocycles. The summed E-state index contributed by atoms with van der Waals surface area (Å²) in [7, 11) is 0. The molecule has 0 unspecified atom stereocenters. The molecule has 0 fully saturated rings. The number of hydrogen-bond acceptors (Lipinski definition) is 6. The van der Waals surface area contributed by atoms with Gasteiger partial charge in [0.05, 0.1) is 30.2 Å². The van der Waals surface area contributed by atoms with Crippen molar-refractivity contribution in [1.82, 2.24) is 0 Å². The van der Waals surface area contributed by atoms with Gasteiger partial charge in [0.15, 0.2) is 0 Å². The second-order valence-electron chi connectivity index (χ2n) is 12.5. The van der Waals surface area contributed by atoms with E-state index in [0.29, 0.717) is 23.6 Å². The monoisotopic (exact) mass is 650 g/mol. The summed E-state index contributed by atoms with van der Waals surface area (Å²) in [6.07, 6.45) is 19.2. The third-order valence-electron chi connectivity index (χ3n) is 8.55. The highest BCUT2D eigenvalue weighted by Crippen LogP contribution is 2.35. The van der Waals surface area contributed by atoms with E-state index in [0.717, 1.165) is 47.4 Å². The van der Waals surface area contributed by atoms with Gasteiger partial charge in [0.1, 0.15) is 17.2 Å². The highest BCUT2D eigenvalue weighted by Gasteiger charge is 2.13. The van der Waals surface area contributed by atoms with E-state index in [1.807, 2.05) is 66.7 Å². The minimum atomic E-state index is -0.418. The third-order valence-corrected chi connectivity index (χ3v) is 8.55. The van der Waals surface area contributed by atoms with E-state index in [1.165, 1.54) is 83.5 Å². The van der Waals surface area contributed by atoms with Crippen LogP contribution in [0.15, 0.2) is 95.2 Å². The molecule has 0 bridgehead atoms. The van der Waals surface area contributed by atoms with Crippen molar-refractivity contribution in [1.29, 1.82) is 0 Å². The molecule has 0 N–H and O–H groups in total. The lowest BCUT2D eigenvalue weighted by Gasteiger charge is -2.10. The van der Waals surface area contributed by atoms with Crippen molar-refractivity contribution in [3.8, 4) is 17.2 Å². The minimum Gasteiger partial charge on any atom is -0.494 e. The molecule has 0 aliphatic heterocycles. The fourth-order valence-corrected chi connectivity index (χ4v) is 5.67. The molecule has 4 aromatic carbocycles. The van der Waals surface area contributed by atoms with Gasteiger partial charge < -0.3 is 14.2 Å². The number of ether oxygens (including phenoxy) is 3. The SMILES string of the molecule is CCCCCCCCCCCCCCOc1ccc(C(=O)Oc2ccc(N=Nc3ccc(OCCCCC)cc3)c3ccccc23)cc1. The van der Waals surface area contributed by atoms with Crippen molar-refractivity contribution in [2.45, 2.75) is 110 Å². The molecule has 0 aliphatic rings. The maximum absolute atomic E-state index is 13.1. The standard InChI is InChI=1S/C42H54N2O4/c1-3-5-7-8-9-10-11-12-13-14-15-19-33-47-36-26-22-34(23-27-36)42(45)48-41-31-30-40(38-20-16-17-21-39(38)41)44-43-35-24-28-37(29-25-35)46-32-18-6-4-2/h16-17,20-31H,3-15,18-19,32-33H2,1-2H3. The van der Waals surface area contributed by atoms with E-state index in [9.17, 15) is 4.79 Å². The Labute approximate surface area is 287 Å². The number of esters is 1. The number of carbonyl (C=O) groups excluding carboxylic acids is 1. The van der Waals surface area contributed by atoms with Crippen LogP contribution in [0.25, 0.3) is 10.8 Å². The van der Waals surface area contributed by atoms with Gasteiger partial charge in [-0.2, -0.15) is 5.11 Å². The molecule has 6 nitrogen and oxygen atoms in total. The van der Waals surface area contributed by atoms with Crippen LogP contribution in [0.4, 0.5) is 11.4 Å². The second kappa shape index (κ2) is 21.6. The Hall–Kier alpha value is -4.19. The lowest BCUT2D eigenvalue weighted by Crippen LogP contribution is -2.08. The molecule has 0 spiro atoms. The van der Waals surface area contributed by atoms with E-state index in [4.69, 9.17) is 14.2 Å². The van der Waals surface area contributed by atoms with Crippen molar-refractivity contribution in [2.24, 2.45) is 10.2 Å². The minimum absolute atomic E-state index is 0.418. The predicted octanol–water partition coefficient (Wildman–Crippen LogP) is 13.1. The van der Waals surface area contributed by atoms with Gasteiger partial charge >= 0.3 is 5.97 Å². The molecular weight excluding hydrogens is 596 g/mol. The van der Waals surface area contributed by atoms with Gasteiger partial charge in [-0.25, -0.2) is 4.79 Å². The van der Waals surface area contributed by atoms with Gasteiger partial charge in [-0.05, 0) is 73.5 Å². The smallest absolute Gasteiger partial charge is 0.343 e. The first-order valence-corrected chi connectivity index (χ1v) is 18.3. The van der Waals surface area contributed by atoms with Crippen LogP contribution in [0.5, 0.6) is 17.2 Å². The first kappa shape index (κ1) is 36.6. The zero-order valence-corrected chi connectivity index (χ0v) is 29.1. The van der Waals surface area contributed by atoms with Crippen LogP contribution in [0, 0.1) is 0 Å². The fourth-order valence-electron chi connectivity index (χ4n) is 5.67. The molecule has 0 heterocycles. The van der Waals surface area contributed by atoms with Gasteiger partial charge in [0, 0.05) is 10.8 Å². The zero-order valence-electron chi connectivity index (χ0n) is 29.1. The predicted molar refractivity (Wildman–Crippen MR) is 198 cm³/mol. The molecule has 0 atom stereocenters. The van der Waals surface area contributed by atoms with Crippen LogP contribution in [0.2, 0.25) is 0 Å². The molecule has 4 rings (SSSR count). The van der Waals surface area contributed by atoms with Crippen LogP contribution < -0.4 is 14.2 Å². The Bertz CT molecular complexity index is 1520. The lowest BCUT2D eigenvalue weighted by molar-refractivity contribution is 0.0737. The summed E-state index contributed by atoms with van der Waals surface area (Å²) in [5.74, 6) is 1.66. The molecule has 256 valence electrons. The molecule has 0 saturated heterocycles. The zero-order chi connectivity index (χ0) is 33.7. The Morgan fingerprint density at radius 3 is 1.62 bits per heavy atom. The summed E-state index contributed by atoms with van der Waals surface area (Å²) in [4.78, 5) is 13.1. The number of benzene rings is 4. The average molecular weight is 651 g/mol. The van der Waals surface area contributed by atoms with E-state index >= 15 is 0 Å². The summed E-state index contributed by atoms with van der Waals surface area (Å²) in [5.41, 5.74) is 1.90. The summed E-state index contributed by atoms with van der Waals surface area (Å²) in [5, 5.41) is 10.6. The number of carbonyl (C=O) groups is 1. The van der Waals surface area contributed by atoms with Crippen LogP contribution in [0.1, 0.15) is 121 Å². The first-order chi connectivity index (χ1) is 23.7. The summed E-state index contributed by atoms with van der Waals surface area (Å²) < 4.78 is 17.6. The van der Waals surface area contributed by atoms with E-state index in [1.54, 1.807) is 18.2 Å². The number of fused-ring (bicyclic) bond motifs is 1. The topological polar surface area (TPSA) is 69.5 Å². The Morgan fingerprint density at radius 1 is 0.521 bits per heavy atom. The van der Waals surface area contributed by atoms with Gasteiger partial charge in [-0.3, -0.25) is 0 Å². The fraction of sp³-hybridized carbons (Fsp3) is 0.452. The Morgan fingerprint density at radius 2 is 1.02 bits per heavy atom. The third kappa shape index (κ3) is 12.8. The summed E-state index contributed by atoms with van der Waals surface area (Å²) in [6, 6.07) is 26.1. The van der Waals surface area contributed by atoms with E-state index in [-0.39, 0.29) is 0 Å². The lowest BCUT2D eigenvalue weighted by atomic mass is 10.1. The van der Waals surface area contributed by atoms with Gasteiger partial charge in [-0.1, -0.05) is 122 Å². The maximum Gasteiger partial charge on any atom is 0.343 e. The number of nitrogens with zero attached hydrogens (tertiary/aromatic N) is 2. The molecule has 0 aliphatic carbocycles. The van der Waals surface area contributed by atoms with Crippen molar-refractivity contribution in [3.63, 3.8) is 0 Å². The number of unbranched alkanes of at least 4 members (excludes halogenated alkanes) is 13. The van der Waals surface area contributed by atoms with Gasteiger partial charge in [-0.15, -0.1) is 5.11 Å². The second-order valence-corrected chi connectivity index (χ2v) is 12.5. The van der Waals surface area contributed by atoms with Gasteiger partial charge in [0.2, 0.25) is 0 Å². The van der Waals surface area contributed by atoms with Crippen LogP contribution in [-0.4, -0.2) is 19.2 Å². The number of rotatable bonds is 23. The number of hydrogen-bond donors (Lipinski definition) is 0. The largest absolute Gasteiger partial charge is 0.494 e. The highest BCUT2D eigenvalue weighted by atomic mass is 16.5. The van der Waals surface area contributed by atoms with Crippen molar-refractivity contribution >= 4 is 28.1 Å². The van der Waals surface area contributed by atoms with Crippen LogP contribution in [0.3, 0.4) is 0 Å². The summed E-state index contributed by atoms with van der Waals surface area (Å²) in [6.45, 7) is 5.86. The number of azo groups is 1. The molecule has 4 aromatic rings. The quantitative estimate of drug-likeness (QED) is 0.0347. The van der Waals surface area contributed by atoms with Crippen LogP contribution in [-0.2, 0) is 0 Å². The molecule has 0 amide bonds. The van der Waals surface area contributed by atoms with E-state index < -0.39 is 5.97 Å². The van der Waals surface area contributed by atoms with Crippen LogP contribution >= 0.6 is 0 Å². The average Bonchev–Trinajstić information content (AvgIpc) is 3.12. The maximum atomic E-state index is 13.1. The molecule has 0 radical (unpaired) electrons. The first-order valence-electron chi connectivity index (χ1n) is 18.3. The Balaban J connectivity index is 1.21. The van der Waals surface area contributed by atoms with Crippen molar-refractivity contribution in [3.05, 3.63) is 90.5 Å². The summed E-state index contributed by atoms with van der Waals surface area (Å²) >= 11 is 0.